The highest BCUT2D eigenvalue weighted by atomic mass is 16.6. The van der Waals surface area contributed by atoms with E-state index in [1.807, 2.05) is 25.1 Å². The minimum absolute atomic E-state index is 0.0556. The lowest BCUT2D eigenvalue weighted by Crippen LogP contribution is -2.30. The van der Waals surface area contributed by atoms with Crippen molar-refractivity contribution in [3.05, 3.63) is 90.6 Å². The summed E-state index contributed by atoms with van der Waals surface area (Å²) in [5, 5.41) is 25.7. The minimum Gasteiger partial charge on any atom is -0.491 e. The summed E-state index contributed by atoms with van der Waals surface area (Å²) < 4.78 is 8.27. The largest absolute Gasteiger partial charge is 0.491 e. The molecule has 2 aromatic heterocycles. The zero-order valence-corrected chi connectivity index (χ0v) is 19.4. The van der Waals surface area contributed by atoms with Crippen LogP contribution in [-0.4, -0.2) is 48.1 Å². The molecule has 4 rings (SSSR count). The van der Waals surface area contributed by atoms with Crippen molar-refractivity contribution in [1.82, 2.24) is 19.1 Å². The maximum atomic E-state index is 12.6. The number of ether oxygens (including phenoxy) is 1. The third-order valence-corrected chi connectivity index (χ3v) is 5.38. The highest BCUT2D eigenvalue weighted by Gasteiger charge is 2.20. The number of nitrogens with one attached hydrogen (secondary N) is 2. The van der Waals surface area contributed by atoms with Gasteiger partial charge in [0, 0.05) is 24.7 Å². The zero-order valence-electron chi connectivity index (χ0n) is 19.4. The van der Waals surface area contributed by atoms with Gasteiger partial charge in [-0.15, -0.1) is 0 Å². The molecule has 0 amide bonds. The van der Waals surface area contributed by atoms with Crippen molar-refractivity contribution in [1.29, 1.82) is 0 Å². The maximum absolute atomic E-state index is 12.6. The number of nitro groups is 1. The molecule has 0 aliphatic heterocycles. The first kappa shape index (κ1) is 24.3. The number of imidazole rings is 1. The van der Waals surface area contributed by atoms with Gasteiger partial charge >= 0.3 is 5.69 Å². The number of H-pyrrole nitrogens is 1. The number of aliphatic hydroxyl groups excluding tert-OH is 1. The van der Waals surface area contributed by atoms with Gasteiger partial charge in [0.15, 0.2) is 11.2 Å². The molecule has 1 atom stereocenters. The van der Waals surface area contributed by atoms with Gasteiger partial charge in [0.1, 0.15) is 18.5 Å². The number of hydrogen-bond donors (Lipinski definition) is 3. The first-order chi connectivity index (χ1) is 17.2. The highest BCUT2D eigenvalue weighted by Crippen LogP contribution is 2.19. The van der Waals surface area contributed by atoms with Gasteiger partial charge in [0.2, 0.25) is 5.95 Å². The summed E-state index contributed by atoms with van der Waals surface area (Å²) in [6, 6.07) is 13.2. The molecule has 0 spiro atoms. The Morgan fingerprint density at radius 3 is 2.81 bits per heavy atom. The van der Waals surface area contributed by atoms with Gasteiger partial charge in [-0.25, -0.2) is 10.2 Å². The van der Waals surface area contributed by atoms with E-state index in [1.54, 1.807) is 12.1 Å². The Bertz CT molecular complexity index is 1570. The number of fused-ring (bicyclic) bond motifs is 1. The lowest BCUT2D eigenvalue weighted by atomic mass is 10.2. The van der Waals surface area contributed by atoms with Crippen molar-refractivity contribution in [3.8, 4) is 5.75 Å². The fourth-order valence-electron chi connectivity index (χ4n) is 3.55. The molecule has 13 nitrogen and oxygen atoms in total. The van der Waals surface area contributed by atoms with Gasteiger partial charge in [-0.3, -0.25) is 24.5 Å². The topological polar surface area (TPSA) is 170 Å². The van der Waals surface area contributed by atoms with E-state index >= 15 is 0 Å². The molecule has 0 aliphatic rings. The van der Waals surface area contributed by atoms with Crippen LogP contribution in [0.5, 0.6) is 5.75 Å². The van der Waals surface area contributed by atoms with E-state index in [-0.39, 0.29) is 36.0 Å². The number of hydrogen-bond acceptors (Lipinski definition) is 9. The molecule has 0 aliphatic carbocycles. The minimum atomic E-state index is -1.04. The fraction of sp³-hybridized carbons (Fsp3) is 0.217. The van der Waals surface area contributed by atoms with Crippen molar-refractivity contribution >= 4 is 29.0 Å². The van der Waals surface area contributed by atoms with Crippen LogP contribution in [0, 0.1) is 17.0 Å². The summed E-state index contributed by atoms with van der Waals surface area (Å²) in [6.07, 6.45) is 0.303. The number of aromatic amines is 1. The Balaban J connectivity index is 1.62. The number of non-ortho nitro benzene ring substituents is 1. The monoisotopic (exact) mass is 493 g/mol. The Morgan fingerprint density at radius 1 is 1.28 bits per heavy atom. The van der Waals surface area contributed by atoms with Crippen LogP contribution in [-0.2, 0) is 13.6 Å². The number of nitro benzene ring substituents is 1. The number of para-hydroxylation sites is 1. The molecule has 0 saturated heterocycles. The molecule has 1 unspecified atom stereocenters. The standard InChI is InChI=1S/C23H23N7O6/c1-14-6-3-4-9-18(14)36-13-17(31)12-29-19-20(28(2)23(33)26-21(19)32)25-22(29)27-24-11-15-7-5-8-16(10-15)30(34)35/h3-11,17,31H,12-13H2,1-2H3,(H,25,27)(H,26,32,33)/b24-11+. The van der Waals surface area contributed by atoms with Gasteiger partial charge in [-0.1, -0.05) is 30.3 Å². The normalized spacial score (nSPS) is 12.2. The van der Waals surface area contributed by atoms with E-state index in [0.717, 1.165) is 5.56 Å². The second kappa shape index (κ2) is 10.2. The Kier molecular flexibility index (Phi) is 6.92. The predicted octanol–water partition coefficient (Wildman–Crippen LogP) is 1.53. The van der Waals surface area contributed by atoms with Crippen LogP contribution in [0.2, 0.25) is 0 Å². The second-order valence-electron chi connectivity index (χ2n) is 7.99. The Morgan fingerprint density at radius 2 is 2.06 bits per heavy atom. The maximum Gasteiger partial charge on any atom is 0.329 e. The van der Waals surface area contributed by atoms with Crippen molar-refractivity contribution in [3.63, 3.8) is 0 Å². The third-order valence-electron chi connectivity index (χ3n) is 5.38. The van der Waals surface area contributed by atoms with Crippen LogP contribution in [0.25, 0.3) is 11.2 Å². The molecule has 13 heteroatoms. The van der Waals surface area contributed by atoms with Gasteiger partial charge in [-0.05, 0) is 18.6 Å². The fourth-order valence-corrected chi connectivity index (χ4v) is 3.55. The molecule has 0 bridgehead atoms. The highest BCUT2D eigenvalue weighted by molar-refractivity contribution is 5.81. The van der Waals surface area contributed by atoms with E-state index in [0.29, 0.717) is 11.3 Å². The molecule has 2 aromatic carbocycles. The average molecular weight is 493 g/mol. The van der Waals surface area contributed by atoms with Gasteiger partial charge in [0.25, 0.3) is 11.2 Å². The zero-order chi connectivity index (χ0) is 25.8. The molecule has 4 aromatic rings. The molecule has 36 heavy (non-hydrogen) atoms. The van der Waals surface area contributed by atoms with Crippen LogP contribution in [0.3, 0.4) is 0 Å². The van der Waals surface area contributed by atoms with E-state index in [9.17, 15) is 24.8 Å². The summed E-state index contributed by atoms with van der Waals surface area (Å²) in [5.41, 5.74) is 2.78. The number of benzene rings is 2. The van der Waals surface area contributed by atoms with Crippen molar-refractivity contribution in [2.24, 2.45) is 12.1 Å². The van der Waals surface area contributed by atoms with Gasteiger partial charge in [0.05, 0.1) is 17.7 Å². The molecule has 186 valence electrons. The van der Waals surface area contributed by atoms with Crippen molar-refractivity contribution < 1.29 is 14.8 Å². The van der Waals surface area contributed by atoms with Crippen LogP contribution >= 0.6 is 0 Å². The van der Waals surface area contributed by atoms with Crippen LogP contribution in [0.1, 0.15) is 11.1 Å². The number of aromatic nitrogens is 4. The van der Waals surface area contributed by atoms with Crippen molar-refractivity contribution in [2.45, 2.75) is 19.6 Å². The summed E-state index contributed by atoms with van der Waals surface area (Å²) in [5.74, 6) is 0.695. The van der Waals surface area contributed by atoms with Crippen LogP contribution in [0.15, 0.2) is 63.2 Å². The number of aliphatic hydroxyl groups is 1. The van der Waals surface area contributed by atoms with Gasteiger partial charge in [-0.2, -0.15) is 10.1 Å². The van der Waals surface area contributed by atoms with E-state index in [1.165, 1.54) is 40.6 Å². The number of rotatable bonds is 9. The summed E-state index contributed by atoms with van der Waals surface area (Å²) >= 11 is 0. The van der Waals surface area contributed by atoms with Crippen LogP contribution < -0.4 is 21.4 Å². The predicted molar refractivity (Wildman–Crippen MR) is 133 cm³/mol. The smallest absolute Gasteiger partial charge is 0.329 e. The van der Waals surface area contributed by atoms with E-state index in [4.69, 9.17) is 4.74 Å². The lowest BCUT2D eigenvalue weighted by molar-refractivity contribution is -0.384. The molecular formula is C23H23N7O6. The molecule has 0 fully saturated rings. The first-order valence-electron chi connectivity index (χ1n) is 10.8. The quantitative estimate of drug-likeness (QED) is 0.179. The average Bonchev–Trinajstić information content (AvgIpc) is 3.21. The SMILES string of the molecule is Cc1ccccc1OCC(O)Cn1c(N/N=C/c2cccc([N+](=O)[O-])c2)nc2c1c(=O)[nH]c(=O)n2C. The Hall–Kier alpha value is -4.78. The molecule has 0 radical (unpaired) electrons. The van der Waals surface area contributed by atoms with Crippen LogP contribution in [0.4, 0.5) is 11.6 Å². The molecule has 2 heterocycles. The lowest BCUT2D eigenvalue weighted by Gasteiger charge is -2.16. The molecule has 3 N–H and O–H groups in total. The number of anilines is 1. The number of nitrogens with zero attached hydrogens (tertiary/aromatic N) is 5. The summed E-state index contributed by atoms with van der Waals surface area (Å²) in [7, 11) is 1.45. The summed E-state index contributed by atoms with van der Waals surface area (Å²) in [4.78, 5) is 41.7. The molecular weight excluding hydrogens is 470 g/mol. The second-order valence-corrected chi connectivity index (χ2v) is 7.99. The molecule has 0 saturated carbocycles. The number of hydrazone groups is 1. The first-order valence-corrected chi connectivity index (χ1v) is 10.8. The number of aryl methyl sites for hydroxylation is 2. The van der Waals surface area contributed by atoms with Gasteiger partial charge < -0.3 is 14.4 Å². The van der Waals surface area contributed by atoms with E-state index < -0.39 is 22.3 Å². The third kappa shape index (κ3) is 5.15. The van der Waals surface area contributed by atoms with Crippen molar-refractivity contribution in [2.75, 3.05) is 12.0 Å². The Labute approximate surface area is 203 Å². The van der Waals surface area contributed by atoms with E-state index in [2.05, 4.69) is 20.5 Å². The summed E-state index contributed by atoms with van der Waals surface area (Å²) in [6.45, 7) is 1.72.